The van der Waals surface area contributed by atoms with E-state index >= 15 is 0 Å². The Hall–Kier alpha value is -1.32. The summed E-state index contributed by atoms with van der Waals surface area (Å²) in [6, 6.07) is 0. The van der Waals surface area contributed by atoms with Crippen molar-refractivity contribution in [3.8, 4) is 0 Å². The van der Waals surface area contributed by atoms with Crippen LogP contribution >= 0.6 is 0 Å². The first kappa shape index (κ1) is 7.34. The second-order valence-corrected chi connectivity index (χ2v) is 3.19. The molecule has 0 aliphatic heterocycles. The molecule has 1 aromatic rings. The Morgan fingerprint density at radius 1 is 1.67 bits per heavy atom. The first-order chi connectivity index (χ1) is 5.79. The summed E-state index contributed by atoms with van der Waals surface area (Å²) in [5, 5.41) is 6.27. The average molecular weight is 165 g/mol. The van der Waals surface area contributed by atoms with Crippen LogP contribution in [0.5, 0.6) is 0 Å². The van der Waals surface area contributed by atoms with Crippen LogP contribution in [-0.2, 0) is 0 Å². The van der Waals surface area contributed by atoms with Gasteiger partial charge in [0.2, 0.25) is 0 Å². The van der Waals surface area contributed by atoms with E-state index in [4.69, 9.17) is 5.73 Å². The van der Waals surface area contributed by atoms with Crippen LogP contribution in [-0.4, -0.2) is 16.0 Å². The lowest BCUT2D eigenvalue weighted by atomic mass is 9.80. The zero-order chi connectivity index (χ0) is 8.55. The number of carbonyl (C=O) groups is 1. The number of ketones is 1. The lowest BCUT2D eigenvalue weighted by Crippen LogP contribution is -2.22. The first-order valence-electron chi connectivity index (χ1n) is 4.12. The van der Waals surface area contributed by atoms with Crippen molar-refractivity contribution in [2.45, 2.75) is 19.3 Å². The normalized spacial score (nSPS) is 17.3. The summed E-state index contributed by atoms with van der Waals surface area (Å²) in [7, 11) is 0. The Labute approximate surface area is 70.1 Å². The molecule has 4 nitrogen and oxygen atoms in total. The molecule has 0 aromatic carbocycles. The molecule has 0 radical (unpaired) electrons. The predicted octanol–water partition coefficient (Wildman–Crippen LogP) is 0.975. The highest BCUT2D eigenvalue weighted by molar-refractivity contribution is 6.01. The van der Waals surface area contributed by atoms with Crippen molar-refractivity contribution < 1.29 is 4.79 Å². The Morgan fingerprint density at radius 3 is 2.83 bits per heavy atom. The molecule has 1 fully saturated rings. The summed E-state index contributed by atoms with van der Waals surface area (Å²) < 4.78 is 0. The van der Waals surface area contributed by atoms with Crippen LogP contribution in [0, 0.1) is 5.92 Å². The summed E-state index contributed by atoms with van der Waals surface area (Å²) in [5.41, 5.74) is 6.07. The smallest absolute Gasteiger partial charge is 0.171 e. The minimum Gasteiger partial charge on any atom is -0.383 e. The van der Waals surface area contributed by atoms with E-state index in [-0.39, 0.29) is 11.7 Å². The summed E-state index contributed by atoms with van der Waals surface area (Å²) in [6.45, 7) is 0. The molecule has 1 aliphatic rings. The number of hydrogen-bond acceptors (Lipinski definition) is 3. The maximum Gasteiger partial charge on any atom is 0.171 e. The van der Waals surface area contributed by atoms with Gasteiger partial charge in [0.1, 0.15) is 5.82 Å². The van der Waals surface area contributed by atoms with Gasteiger partial charge in [0.05, 0.1) is 11.8 Å². The van der Waals surface area contributed by atoms with Crippen LogP contribution in [0.15, 0.2) is 6.20 Å². The number of hydrogen-bond donors (Lipinski definition) is 2. The molecule has 3 N–H and O–H groups in total. The van der Waals surface area contributed by atoms with Gasteiger partial charge in [-0.1, -0.05) is 6.42 Å². The van der Waals surface area contributed by atoms with Gasteiger partial charge in [-0.2, -0.15) is 5.10 Å². The predicted molar refractivity (Wildman–Crippen MR) is 44.7 cm³/mol. The molecule has 2 rings (SSSR count). The van der Waals surface area contributed by atoms with Crippen LogP contribution < -0.4 is 5.73 Å². The molecule has 0 bridgehead atoms. The SMILES string of the molecule is Nc1[nH]ncc1C(=O)C1CCC1. The van der Waals surface area contributed by atoms with Crippen molar-refractivity contribution in [2.75, 3.05) is 5.73 Å². The van der Waals surface area contributed by atoms with Gasteiger partial charge in [-0.3, -0.25) is 9.89 Å². The number of nitrogens with zero attached hydrogens (tertiary/aromatic N) is 1. The molecule has 0 atom stereocenters. The second kappa shape index (κ2) is 2.62. The van der Waals surface area contributed by atoms with E-state index in [1.54, 1.807) is 0 Å². The van der Waals surface area contributed by atoms with E-state index < -0.39 is 0 Å². The molecule has 0 saturated heterocycles. The molecule has 4 heteroatoms. The van der Waals surface area contributed by atoms with Crippen LogP contribution in [0.1, 0.15) is 29.6 Å². The third kappa shape index (κ3) is 0.995. The summed E-state index contributed by atoms with van der Waals surface area (Å²) >= 11 is 0. The van der Waals surface area contributed by atoms with Crippen molar-refractivity contribution in [3.63, 3.8) is 0 Å². The molecule has 1 aromatic heterocycles. The van der Waals surface area contributed by atoms with Gasteiger partial charge >= 0.3 is 0 Å². The number of anilines is 1. The number of Topliss-reactive ketones (excluding diaryl/α,β-unsaturated/α-hetero) is 1. The summed E-state index contributed by atoms with van der Waals surface area (Å²) in [4.78, 5) is 11.6. The Morgan fingerprint density at radius 2 is 2.42 bits per heavy atom. The fraction of sp³-hybridized carbons (Fsp3) is 0.500. The van der Waals surface area contributed by atoms with E-state index in [0.717, 1.165) is 19.3 Å². The second-order valence-electron chi connectivity index (χ2n) is 3.19. The third-order valence-electron chi connectivity index (χ3n) is 2.41. The van der Waals surface area contributed by atoms with Crippen molar-refractivity contribution in [1.29, 1.82) is 0 Å². The van der Waals surface area contributed by atoms with Crippen LogP contribution in [0.25, 0.3) is 0 Å². The van der Waals surface area contributed by atoms with Crippen molar-refractivity contribution in [1.82, 2.24) is 10.2 Å². The largest absolute Gasteiger partial charge is 0.383 e. The topological polar surface area (TPSA) is 71.8 Å². The Balaban J connectivity index is 2.19. The number of aromatic nitrogens is 2. The van der Waals surface area contributed by atoms with Crippen molar-refractivity contribution >= 4 is 11.6 Å². The number of nitrogens with two attached hydrogens (primary N) is 1. The van der Waals surface area contributed by atoms with E-state index in [0.29, 0.717) is 11.4 Å². The summed E-state index contributed by atoms with van der Waals surface area (Å²) in [6.07, 6.45) is 4.68. The zero-order valence-electron chi connectivity index (χ0n) is 6.71. The van der Waals surface area contributed by atoms with Crippen LogP contribution in [0.3, 0.4) is 0 Å². The molecule has 1 heterocycles. The molecule has 64 valence electrons. The average Bonchev–Trinajstić information content (AvgIpc) is 2.31. The van der Waals surface area contributed by atoms with Gasteiger partial charge < -0.3 is 5.73 Å². The number of nitrogen functional groups attached to an aromatic ring is 1. The molecular weight excluding hydrogens is 154 g/mol. The highest BCUT2D eigenvalue weighted by atomic mass is 16.1. The number of nitrogens with one attached hydrogen (secondary N) is 1. The maximum atomic E-state index is 11.6. The first-order valence-corrected chi connectivity index (χ1v) is 4.12. The zero-order valence-corrected chi connectivity index (χ0v) is 6.71. The highest BCUT2D eigenvalue weighted by Crippen LogP contribution is 2.30. The molecule has 0 amide bonds. The maximum absolute atomic E-state index is 11.6. The van der Waals surface area contributed by atoms with E-state index in [1.165, 1.54) is 6.20 Å². The van der Waals surface area contributed by atoms with E-state index in [2.05, 4.69) is 10.2 Å². The lowest BCUT2D eigenvalue weighted by Gasteiger charge is -2.23. The van der Waals surface area contributed by atoms with E-state index in [1.807, 2.05) is 0 Å². The molecule has 0 spiro atoms. The Kier molecular flexibility index (Phi) is 1.60. The molecule has 12 heavy (non-hydrogen) atoms. The van der Waals surface area contributed by atoms with Gasteiger partial charge in [0, 0.05) is 5.92 Å². The van der Waals surface area contributed by atoms with Gasteiger partial charge in [-0.25, -0.2) is 0 Å². The molecular formula is C8H11N3O. The van der Waals surface area contributed by atoms with Crippen molar-refractivity contribution in [2.24, 2.45) is 5.92 Å². The minimum atomic E-state index is 0.146. The number of H-pyrrole nitrogens is 1. The minimum absolute atomic E-state index is 0.146. The quantitative estimate of drug-likeness (QED) is 0.641. The molecule has 1 aliphatic carbocycles. The standard InChI is InChI=1S/C8H11N3O/c9-8-6(4-10-11-8)7(12)5-2-1-3-5/h4-5H,1-3H2,(H3,9,10,11). The monoisotopic (exact) mass is 165 g/mol. The lowest BCUT2D eigenvalue weighted by molar-refractivity contribution is 0.0856. The van der Waals surface area contributed by atoms with Gasteiger partial charge in [0.15, 0.2) is 5.78 Å². The Bertz CT molecular complexity index is 301. The summed E-state index contributed by atoms with van der Waals surface area (Å²) in [5.74, 6) is 0.740. The van der Waals surface area contributed by atoms with Gasteiger partial charge in [-0.05, 0) is 12.8 Å². The molecule has 0 unspecified atom stereocenters. The van der Waals surface area contributed by atoms with Gasteiger partial charge in [0.25, 0.3) is 0 Å². The highest BCUT2D eigenvalue weighted by Gasteiger charge is 2.27. The number of carbonyl (C=O) groups excluding carboxylic acids is 1. The number of rotatable bonds is 2. The van der Waals surface area contributed by atoms with Crippen LogP contribution in [0.4, 0.5) is 5.82 Å². The van der Waals surface area contributed by atoms with Crippen LogP contribution in [0.2, 0.25) is 0 Å². The van der Waals surface area contributed by atoms with Gasteiger partial charge in [-0.15, -0.1) is 0 Å². The number of aromatic amines is 1. The fourth-order valence-corrected chi connectivity index (χ4v) is 1.38. The molecule has 1 saturated carbocycles. The van der Waals surface area contributed by atoms with E-state index in [9.17, 15) is 4.79 Å². The van der Waals surface area contributed by atoms with Crippen molar-refractivity contribution in [3.05, 3.63) is 11.8 Å². The third-order valence-corrected chi connectivity index (χ3v) is 2.41. The fourth-order valence-electron chi connectivity index (χ4n) is 1.38.